The Labute approximate surface area is 180 Å². The summed E-state index contributed by atoms with van der Waals surface area (Å²) in [4.78, 5) is 48.0. The number of rotatable bonds is 10. The van der Waals surface area contributed by atoms with Gasteiger partial charge in [-0.15, -0.1) is 0 Å². The van der Waals surface area contributed by atoms with Crippen molar-refractivity contribution in [1.29, 1.82) is 0 Å². The van der Waals surface area contributed by atoms with E-state index in [0.29, 0.717) is 23.6 Å². The van der Waals surface area contributed by atoms with Gasteiger partial charge < -0.3 is 14.8 Å². The average Bonchev–Trinajstić information content (AvgIpc) is 2.76. The third-order valence-corrected chi connectivity index (χ3v) is 4.15. The van der Waals surface area contributed by atoms with Gasteiger partial charge in [0.15, 0.2) is 11.9 Å². The normalized spacial score (nSPS) is 11.2. The van der Waals surface area contributed by atoms with Crippen LogP contribution in [-0.2, 0) is 14.3 Å². The number of hydrogen-bond acceptors (Lipinski definition) is 6. The zero-order valence-corrected chi connectivity index (χ0v) is 17.6. The van der Waals surface area contributed by atoms with Crippen LogP contribution in [0.25, 0.3) is 0 Å². The molecular weight excluding hydrogens is 400 g/mol. The molecule has 1 atom stereocenters. The Hall–Kier alpha value is -3.68. The summed E-state index contributed by atoms with van der Waals surface area (Å²) in [6.07, 6.45) is -0.534. The topological polar surface area (TPSA) is 111 Å². The Morgan fingerprint density at radius 1 is 0.935 bits per heavy atom. The monoisotopic (exact) mass is 426 g/mol. The van der Waals surface area contributed by atoms with Gasteiger partial charge in [-0.3, -0.25) is 19.7 Å². The molecule has 8 nitrogen and oxygen atoms in total. The van der Waals surface area contributed by atoms with Gasteiger partial charge in [0.05, 0.1) is 13.0 Å². The fourth-order valence-corrected chi connectivity index (χ4v) is 2.52. The molecule has 8 heteroatoms. The van der Waals surface area contributed by atoms with Crippen molar-refractivity contribution in [3.8, 4) is 5.75 Å². The van der Waals surface area contributed by atoms with Crippen molar-refractivity contribution >= 4 is 29.4 Å². The Morgan fingerprint density at radius 2 is 1.61 bits per heavy atom. The minimum absolute atomic E-state index is 0.0587. The van der Waals surface area contributed by atoms with Crippen molar-refractivity contribution in [1.82, 2.24) is 5.32 Å². The zero-order chi connectivity index (χ0) is 22.6. The summed E-state index contributed by atoms with van der Waals surface area (Å²) < 4.78 is 10.5. The van der Waals surface area contributed by atoms with Crippen molar-refractivity contribution in [3.05, 3.63) is 60.2 Å². The summed E-state index contributed by atoms with van der Waals surface area (Å²) in [6, 6.07) is 14.5. The molecule has 0 heterocycles. The number of carbonyl (C=O) groups excluding carboxylic acids is 4. The molecule has 2 rings (SSSR count). The number of hydrogen-bond donors (Lipinski definition) is 2. The molecule has 0 aliphatic carbocycles. The highest BCUT2D eigenvalue weighted by atomic mass is 16.5. The quantitative estimate of drug-likeness (QED) is 0.443. The number of ketones is 1. The van der Waals surface area contributed by atoms with E-state index in [1.165, 1.54) is 6.92 Å². The van der Waals surface area contributed by atoms with Gasteiger partial charge in [0.25, 0.3) is 5.91 Å². The van der Waals surface area contributed by atoms with Crippen LogP contribution in [0.15, 0.2) is 54.6 Å². The van der Waals surface area contributed by atoms with Gasteiger partial charge in [0.1, 0.15) is 5.75 Å². The van der Waals surface area contributed by atoms with Crippen LogP contribution in [0.3, 0.4) is 0 Å². The molecule has 164 valence electrons. The van der Waals surface area contributed by atoms with Crippen molar-refractivity contribution < 1.29 is 28.7 Å². The van der Waals surface area contributed by atoms with Gasteiger partial charge in [-0.2, -0.15) is 0 Å². The van der Waals surface area contributed by atoms with Crippen molar-refractivity contribution in [2.24, 2.45) is 0 Å². The van der Waals surface area contributed by atoms with Crippen LogP contribution in [0.4, 0.5) is 10.5 Å². The van der Waals surface area contributed by atoms with Crippen molar-refractivity contribution in [2.45, 2.75) is 39.2 Å². The van der Waals surface area contributed by atoms with Crippen LogP contribution in [-0.4, -0.2) is 36.4 Å². The molecule has 0 aliphatic rings. The van der Waals surface area contributed by atoms with Gasteiger partial charge in [-0.05, 0) is 49.7 Å². The maximum Gasteiger partial charge on any atom is 0.325 e. The third kappa shape index (κ3) is 8.30. The smallest absolute Gasteiger partial charge is 0.325 e. The van der Waals surface area contributed by atoms with E-state index in [0.717, 1.165) is 6.42 Å². The number of anilines is 1. The van der Waals surface area contributed by atoms with Crippen LogP contribution in [0.2, 0.25) is 0 Å². The Balaban J connectivity index is 1.73. The van der Waals surface area contributed by atoms with Gasteiger partial charge in [0.2, 0.25) is 0 Å². The summed E-state index contributed by atoms with van der Waals surface area (Å²) in [6.45, 7) is 3.94. The number of ether oxygens (including phenoxy) is 2. The first kappa shape index (κ1) is 23.6. The van der Waals surface area contributed by atoms with E-state index in [-0.39, 0.29) is 18.6 Å². The van der Waals surface area contributed by atoms with Gasteiger partial charge in [-0.1, -0.05) is 25.1 Å². The second kappa shape index (κ2) is 12.1. The number of Topliss-reactive ketones (excluding diaryl/α,β-unsaturated/α-hetero) is 1. The molecule has 0 saturated carbocycles. The number of urea groups is 1. The molecule has 1 unspecified atom stereocenters. The molecule has 0 aromatic heterocycles. The lowest BCUT2D eigenvalue weighted by Gasteiger charge is -2.13. The van der Waals surface area contributed by atoms with E-state index in [4.69, 9.17) is 9.47 Å². The first-order chi connectivity index (χ1) is 14.9. The highest BCUT2D eigenvalue weighted by Gasteiger charge is 2.20. The lowest BCUT2D eigenvalue weighted by Crippen LogP contribution is -2.41. The van der Waals surface area contributed by atoms with E-state index in [1.807, 2.05) is 6.92 Å². The summed E-state index contributed by atoms with van der Waals surface area (Å²) in [5.41, 5.74) is 0.973. The highest BCUT2D eigenvalue weighted by molar-refractivity contribution is 6.03. The summed E-state index contributed by atoms with van der Waals surface area (Å²) in [7, 11) is 0. The Morgan fingerprint density at radius 3 is 2.26 bits per heavy atom. The van der Waals surface area contributed by atoms with E-state index in [2.05, 4.69) is 10.6 Å². The maximum atomic E-state index is 12.2. The van der Waals surface area contributed by atoms with Gasteiger partial charge in [0, 0.05) is 17.7 Å². The molecule has 0 fully saturated rings. The molecule has 0 radical (unpaired) electrons. The van der Waals surface area contributed by atoms with Crippen LogP contribution in [0.5, 0.6) is 5.75 Å². The summed E-state index contributed by atoms with van der Waals surface area (Å²) in [5, 5.41) is 4.59. The first-order valence-electron chi connectivity index (χ1n) is 10.0. The van der Waals surface area contributed by atoms with Crippen LogP contribution in [0, 0.1) is 0 Å². The van der Waals surface area contributed by atoms with Gasteiger partial charge >= 0.3 is 12.0 Å². The Kier molecular flexibility index (Phi) is 9.22. The SMILES string of the molecule is CCCOc1ccc(C(=O)CCC(=O)OC(C)C(=O)NC(=O)Nc2ccccc2)cc1. The van der Waals surface area contributed by atoms with Crippen molar-refractivity contribution in [3.63, 3.8) is 0 Å². The van der Waals surface area contributed by atoms with E-state index < -0.39 is 24.0 Å². The van der Waals surface area contributed by atoms with Crippen molar-refractivity contribution in [2.75, 3.05) is 11.9 Å². The molecule has 0 spiro atoms. The number of amides is 3. The molecule has 0 aliphatic heterocycles. The predicted molar refractivity (Wildman–Crippen MR) is 115 cm³/mol. The van der Waals surface area contributed by atoms with Crippen LogP contribution in [0.1, 0.15) is 43.5 Å². The standard InChI is InChI=1S/C23H26N2O6/c1-3-15-30-19-11-9-17(10-12-19)20(26)13-14-21(27)31-16(2)22(28)25-23(29)24-18-7-5-4-6-8-18/h4-12,16H,3,13-15H2,1-2H3,(H2,24,25,28,29). The van der Waals surface area contributed by atoms with Gasteiger partial charge in [-0.25, -0.2) is 4.79 Å². The number of carbonyl (C=O) groups is 4. The lowest BCUT2D eigenvalue weighted by atomic mass is 10.1. The highest BCUT2D eigenvalue weighted by Crippen LogP contribution is 2.14. The summed E-state index contributed by atoms with van der Waals surface area (Å²) in [5.74, 6) is -1.02. The Bertz CT molecular complexity index is 896. The molecular formula is C23H26N2O6. The molecule has 2 aromatic carbocycles. The summed E-state index contributed by atoms with van der Waals surface area (Å²) >= 11 is 0. The number of esters is 1. The fourth-order valence-electron chi connectivity index (χ4n) is 2.52. The number of imide groups is 1. The minimum Gasteiger partial charge on any atom is -0.494 e. The van der Waals surface area contributed by atoms with E-state index in [9.17, 15) is 19.2 Å². The molecule has 2 aromatic rings. The second-order valence-corrected chi connectivity index (χ2v) is 6.74. The zero-order valence-electron chi connectivity index (χ0n) is 17.6. The minimum atomic E-state index is -1.18. The maximum absolute atomic E-state index is 12.2. The van der Waals surface area contributed by atoms with Crippen LogP contribution < -0.4 is 15.4 Å². The molecule has 0 bridgehead atoms. The third-order valence-electron chi connectivity index (χ3n) is 4.15. The molecule has 3 amide bonds. The number of benzene rings is 2. The van der Waals surface area contributed by atoms with E-state index in [1.54, 1.807) is 54.6 Å². The lowest BCUT2D eigenvalue weighted by molar-refractivity contribution is -0.154. The van der Waals surface area contributed by atoms with E-state index >= 15 is 0 Å². The molecule has 2 N–H and O–H groups in total. The predicted octanol–water partition coefficient (Wildman–Crippen LogP) is 3.72. The fraction of sp³-hybridized carbons (Fsp3) is 0.304. The largest absolute Gasteiger partial charge is 0.494 e. The number of nitrogens with one attached hydrogen (secondary N) is 2. The first-order valence-corrected chi connectivity index (χ1v) is 10.0. The number of para-hydroxylation sites is 1. The molecule has 31 heavy (non-hydrogen) atoms. The second-order valence-electron chi connectivity index (χ2n) is 6.74. The average molecular weight is 426 g/mol. The molecule has 0 saturated heterocycles. The van der Waals surface area contributed by atoms with Crippen LogP contribution >= 0.6 is 0 Å².